The Hall–Kier alpha value is -2.37. The first kappa shape index (κ1) is 24.3. The van der Waals surface area contributed by atoms with Crippen molar-refractivity contribution in [1.29, 1.82) is 0 Å². The molecule has 1 N–H and O–H groups in total. The molecule has 0 saturated carbocycles. The molecule has 1 aromatic heterocycles. The third kappa shape index (κ3) is 5.33. The van der Waals surface area contributed by atoms with Crippen LogP contribution in [0.4, 0.5) is 13.2 Å². The van der Waals surface area contributed by atoms with Crippen LogP contribution in [0.3, 0.4) is 0 Å². The first-order chi connectivity index (χ1) is 14.9. The molecular formula is C21H25F3N2O5S. The van der Waals surface area contributed by atoms with Gasteiger partial charge >= 0.3 is 12.1 Å². The highest BCUT2D eigenvalue weighted by atomic mass is 32.2. The molecule has 2 aliphatic rings. The van der Waals surface area contributed by atoms with E-state index in [9.17, 15) is 21.6 Å². The maximum absolute atomic E-state index is 12.4. The van der Waals surface area contributed by atoms with E-state index in [4.69, 9.17) is 14.3 Å². The number of likely N-dealkylation sites (tertiary alicyclic amines) is 1. The second kappa shape index (κ2) is 9.24. The predicted octanol–water partition coefficient (Wildman–Crippen LogP) is 3.09. The number of alkyl halides is 3. The minimum Gasteiger partial charge on any atom is -0.475 e. The Morgan fingerprint density at radius 2 is 1.81 bits per heavy atom. The van der Waals surface area contributed by atoms with Crippen LogP contribution < -0.4 is 0 Å². The first-order valence-corrected chi connectivity index (χ1v) is 11.8. The number of piperidine rings is 1. The number of halogens is 3. The zero-order valence-corrected chi connectivity index (χ0v) is 18.3. The topological polar surface area (TPSA) is 91.1 Å². The Morgan fingerprint density at radius 3 is 2.34 bits per heavy atom. The lowest BCUT2D eigenvalue weighted by molar-refractivity contribution is -0.192. The summed E-state index contributed by atoms with van der Waals surface area (Å²) in [4.78, 5) is 11.2. The van der Waals surface area contributed by atoms with Gasteiger partial charge in [0.1, 0.15) is 0 Å². The van der Waals surface area contributed by atoms with Crippen molar-refractivity contribution in [2.75, 3.05) is 25.9 Å². The quantitative estimate of drug-likeness (QED) is 0.733. The number of carboxylic acid groups (broad SMARTS) is 1. The van der Waals surface area contributed by atoms with Crippen LogP contribution in [0.2, 0.25) is 0 Å². The highest BCUT2D eigenvalue weighted by Gasteiger charge is 2.53. The van der Waals surface area contributed by atoms with Gasteiger partial charge in [0.25, 0.3) is 0 Å². The molecule has 2 saturated heterocycles. The van der Waals surface area contributed by atoms with E-state index in [1.54, 1.807) is 16.8 Å². The van der Waals surface area contributed by atoms with Crippen LogP contribution in [-0.2, 0) is 26.8 Å². The molecule has 7 nitrogen and oxygen atoms in total. The molecule has 0 bridgehead atoms. The molecule has 3 heterocycles. The predicted molar refractivity (Wildman–Crippen MR) is 110 cm³/mol. The number of rotatable bonds is 4. The number of hydrogen-bond donors (Lipinski definition) is 1. The molecule has 0 amide bonds. The van der Waals surface area contributed by atoms with Gasteiger partial charge in [-0.25, -0.2) is 13.2 Å². The Bertz CT molecular complexity index is 1010. The van der Waals surface area contributed by atoms with Crippen LogP contribution >= 0.6 is 0 Å². The van der Waals surface area contributed by atoms with E-state index in [2.05, 4.69) is 29.2 Å². The zero-order valence-electron chi connectivity index (χ0n) is 17.5. The molecule has 32 heavy (non-hydrogen) atoms. The van der Waals surface area contributed by atoms with E-state index < -0.39 is 22.2 Å². The monoisotopic (exact) mass is 474 g/mol. The zero-order chi connectivity index (χ0) is 23.6. The lowest BCUT2D eigenvalue weighted by Crippen LogP contribution is -2.56. The highest BCUT2D eigenvalue weighted by Crippen LogP contribution is 2.46. The summed E-state index contributed by atoms with van der Waals surface area (Å²) in [6.45, 7) is 3.13. The summed E-state index contributed by atoms with van der Waals surface area (Å²) in [6.07, 6.45) is 1.58. The molecule has 0 aliphatic carbocycles. The van der Waals surface area contributed by atoms with Gasteiger partial charge in [0, 0.05) is 36.7 Å². The van der Waals surface area contributed by atoms with Crippen molar-refractivity contribution >= 4 is 16.0 Å². The summed E-state index contributed by atoms with van der Waals surface area (Å²) in [5.74, 6) is -2.76. The Balaban J connectivity index is 0.000000360. The molecule has 176 valence electrons. The van der Waals surface area contributed by atoms with Crippen molar-refractivity contribution in [3.05, 3.63) is 60.1 Å². The Morgan fingerprint density at radius 1 is 1.19 bits per heavy atom. The summed E-state index contributed by atoms with van der Waals surface area (Å²) in [7, 11) is -3.22. The van der Waals surface area contributed by atoms with Crippen molar-refractivity contribution in [3.63, 3.8) is 0 Å². The van der Waals surface area contributed by atoms with E-state index in [0.29, 0.717) is 6.54 Å². The number of nitrogens with zero attached hydrogens (tertiary/aromatic N) is 2. The van der Waals surface area contributed by atoms with Crippen LogP contribution in [0.25, 0.3) is 0 Å². The van der Waals surface area contributed by atoms with Crippen LogP contribution in [0.1, 0.15) is 24.0 Å². The number of carbonyl (C=O) groups is 1. The second-order valence-electron chi connectivity index (χ2n) is 8.08. The third-order valence-corrected chi connectivity index (χ3v) is 7.36. The van der Waals surface area contributed by atoms with E-state index in [0.717, 1.165) is 38.0 Å². The minimum absolute atomic E-state index is 0.00875. The second-order valence-corrected chi connectivity index (χ2v) is 10.0. The van der Waals surface area contributed by atoms with E-state index in [1.165, 1.54) is 11.8 Å². The van der Waals surface area contributed by atoms with Gasteiger partial charge in [0.15, 0.2) is 0 Å². The molecule has 1 aromatic carbocycles. The van der Waals surface area contributed by atoms with E-state index >= 15 is 0 Å². The fourth-order valence-corrected chi connectivity index (χ4v) is 5.74. The average molecular weight is 475 g/mol. The summed E-state index contributed by atoms with van der Waals surface area (Å²) in [6, 6.07) is 12.4. The smallest absolute Gasteiger partial charge is 0.475 e. The van der Waals surface area contributed by atoms with Crippen molar-refractivity contribution in [2.45, 2.75) is 37.0 Å². The molecule has 0 spiro atoms. The SMILES string of the molecule is CS(=O)(=O)N1CCC2(c3ccccc3)CCN(Cc3ccoc3)CC12.O=C(O)C(F)(F)F. The van der Waals surface area contributed by atoms with Gasteiger partial charge in [0.2, 0.25) is 10.0 Å². The molecule has 2 aliphatic heterocycles. The molecule has 4 rings (SSSR count). The van der Waals surface area contributed by atoms with Crippen molar-refractivity contribution < 1.29 is 35.9 Å². The third-order valence-electron chi connectivity index (χ3n) is 6.07. The number of fused-ring (bicyclic) bond motifs is 1. The maximum atomic E-state index is 12.4. The van der Waals surface area contributed by atoms with Gasteiger partial charge in [0.05, 0.1) is 18.8 Å². The Kier molecular flexibility index (Phi) is 7.01. The van der Waals surface area contributed by atoms with Gasteiger partial charge in [-0.2, -0.15) is 17.5 Å². The van der Waals surface area contributed by atoms with Crippen molar-refractivity contribution in [2.24, 2.45) is 0 Å². The van der Waals surface area contributed by atoms with Crippen LogP contribution in [0, 0.1) is 0 Å². The highest BCUT2D eigenvalue weighted by molar-refractivity contribution is 7.88. The normalized spacial score (nSPS) is 24.4. The van der Waals surface area contributed by atoms with Gasteiger partial charge in [-0.3, -0.25) is 4.90 Å². The average Bonchev–Trinajstić information content (AvgIpc) is 3.36. The number of furan rings is 1. The molecule has 2 fully saturated rings. The minimum atomic E-state index is -5.08. The summed E-state index contributed by atoms with van der Waals surface area (Å²) >= 11 is 0. The standard InChI is InChI=1S/C19H24N2O3S.C2HF3O2/c1-25(22,23)21-11-9-19(17-5-3-2-4-6-17)8-10-20(14-18(19)21)13-16-7-12-24-15-16;3-2(4,5)1(6)7/h2-7,12,15,18H,8-11,13-14H2,1H3;(H,6,7). The Labute approximate surface area is 184 Å². The van der Waals surface area contributed by atoms with Crippen LogP contribution in [-0.4, -0.2) is 66.8 Å². The van der Waals surface area contributed by atoms with Crippen molar-refractivity contribution in [3.8, 4) is 0 Å². The van der Waals surface area contributed by atoms with Crippen LogP contribution in [0.15, 0.2) is 53.3 Å². The summed E-state index contributed by atoms with van der Waals surface area (Å²) in [5.41, 5.74) is 2.34. The summed E-state index contributed by atoms with van der Waals surface area (Å²) in [5, 5.41) is 7.12. The van der Waals surface area contributed by atoms with Crippen molar-refractivity contribution in [1.82, 2.24) is 9.21 Å². The largest absolute Gasteiger partial charge is 0.490 e. The number of sulfonamides is 1. The maximum Gasteiger partial charge on any atom is 0.490 e. The van der Waals surface area contributed by atoms with E-state index in [1.807, 2.05) is 12.1 Å². The van der Waals surface area contributed by atoms with Gasteiger partial charge in [-0.05, 0) is 31.0 Å². The molecule has 2 unspecified atom stereocenters. The molecule has 2 atom stereocenters. The lowest BCUT2D eigenvalue weighted by Gasteiger charge is -2.46. The van der Waals surface area contributed by atoms with Gasteiger partial charge < -0.3 is 9.52 Å². The molecule has 2 aromatic rings. The fraction of sp³-hybridized carbons (Fsp3) is 0.476. The first-order valence-electron chi connectivity index (χ1n) is 9.99. The number of benzene rings is 1. The fourth-order valence-electron chi connectivity index (χ4n) is 4.59. The summed E-state index contributed by atoms with van der Waals surface area (Å²) < 4.78 is 63.4. The number of hydrogen-bond acceptors (Lipinski definition) is 5. The van der Waals surface area contributed by atoms with Gasteiger partial charge in [-0.1, -0.05) is 30.3 Å². The molecule has 0 radical (unpaired) electrons. The molecule has 11 heteroatoms. The number of carboxylic acids is 1. The molecular weight excluding hydrogens is 449 g/mol. The number of aliphatic carboxylic acids is 1. The lowest BCUT2D eigenvalue weighted by atomic mass is 9.69. The van der Waals surface area contributed by atoms with E-state index in [-0.39, 0.29) is 11.5 Å². The van der Waals surface area contributed by atoms with Gasteiger partial charge in [-0.15, -0.1) is 0 Å². The van der Waals surface area contributed by atoms with Crippen LogP contribution in [0.5, 0.6) is 0 Å².